The molecule has 142 valence electrons. The Hall–Kier alpha value is -1.84. The van der Waals surface area contributed by atoms with E-state index in [2.05, 4.69) is 69.0 Å². The zero-order valence-electron chi connectivity index (χ0n) is 16.8. The van der Waals surface area contributed by atoms with Gasteiger partial charge in [-0.3, -0.25) is 4.90 Å². The van der Waals surface area contributed by atoms with Crippen LogP contribution in [0.4, 0.5) is 0 Å². The summed E-state index contributed by atoms with van der Waals surface area (Å²) in [5.74, 6) is 1.12. The summed E-state index contributed by atoms with van der Waals surface area (Å²) < 4.78 is 5.65. The molecule has 0 spiro atoms. The van der Waals surface area contributed by atoms with Crippen molar-refractivity contribution in [2.45, 2.75) is 58.7 Å². The number of rotatable bonds is 9. The van der Waals surface area contributed by atoms with Crippen molar-refractivity contribution < 1.29 is 9.84 Å². The van der Waals surface area contributed by atoms with Gasteiger partial charge in [0.25, 0.3) is 0 Å². The number of ether oxygens (including phenoxy) is 1. The molecule has 1 unspecified atom stereocenters. The van der Waals surface area contributed by atoms with Crippen LogP contribution in [0.3, 0.4) is 0 Å². The molecule has 0 saturated carbocycles. The van der Waals surface area contributed by atoms with E-state index in [-0.39, 0.29) is 12.5 Å². The summed E-state index contributed by atoms with van der Waals surface area (Å²) in [5.41, 5.74) is 3.36. The van der Waals surface area contributed by atoms with Crippen LogP contribution in [0.25, 0.3) is 0 Å². The molecule has 26 heavy (non-hydrogen) atoms. The lowest BCUT2D eigenvalue weighted by Crippen LogP contribution is -2.38. The predicted octanol–water partition coefficient (Wildman–Crippen LogP) is 4.83. The molecule has 0 aromatic heterocycles. The monoisotopic (exact) mass is 355 g/mol. The molecule has 0 radical (unpaired) electrons. The van der Waals surface area contributed by atoms with Gasteiger partial charge < -0.3 is 9.84 Å². The zero-order valence-corrected chi connectivity index (χ0v) is 16.8. The summed E-state index contributed by atoms with van der Waals surface area (Å²) in [4.78, 5) is 2.53. The van der Waals surface area contributed by atoms with Gasteiger partial charge in [-0.25, -0.2) is 0 Å². The van der Waals surface area contributed by atoms with Crippen molar-refractivity contribution >= 4 is 0 Å². The van der Waals surface area contributed by atoms with E-state index >= 15 is 0 Å². The lowest BCUT2D eigenvalue weighted by atomic mass is 9.86. The number of nitrogens with zero attached hydrogens (tertiary/aromatic N) is 1. The fourth-order valence-corrected chi connectivity index (χ4v) is 3.73. The van der Waals surface area contributed by atoms with E-state index < -0.39 is 0 Å². The Balaban J connectivity index is 2.39. The molecule has 2 rings (SSSR count). The van der Waals surface area contributed by atoms with Crippen molar-refractivity contribution in [1.82, 2.24) is 4.90 Å². The van der Waals surface area contributed by atoms with Crippen LogP contribution in [0.5, 0.6) is 5.75 Å². The van der Waals surface area contributed by atoms with Crippen molar-refractivity contribution in [3.8, 4) is 5.75 Å². The molecular formula is C23H33NO2. The molecule has 0 saturated heterocycles. The number of hydrogen-bond donors (Lipinski definition) is 1. The first kappa shape index (κ1) is 20.5. The maximum Gasteiger partial charge on any atom is 0.122 e. The van der Waals surface area contributed by atoms with Crippen LogP contribution < -0.4 is 4.74 Å². The molecule has 2 aromatic rings. The molecule has 0 amide bonds. The number of aliphatic hydroxyl groups is 1. The highest BCUT2D eigenvalue weighted by molar-refractivity contribution is 5.44. The van der Waals surface area contributed by atoms with E-state index in [9.17, 15) is 5.11 Å². The average Bonchev–Trinajstić information content (AvgIpc) is 2.64. The van der Waals surface area contributed by atoms with E-state index in [1.165, 1.54) is 5.56 Å². The standard InChI is InChI=1S/C23H33NO2/c1-17(2)24(18(3)4)14-13-21(20-9-7-6-8-10-20)22-15-19(16-25)11-12-23(22)26-5/h6-12,15,17-18,21,25H,13-14,16H2,1-5H3. The predicted molar refractivity (Wildman–Crippen MR) is 109 cm³/mol. The van der Waals surface area contributed by atoms with Crippen molar-refractivity contribution in [1.29, 1.82) is 0 Å². The van der Waals surface area contributed by atoms with E-state index in [1.807, 2.05) is 12.1 Å². The van der Waals surface area contributed by atoms with Gasteiger partial charge in [0.1, 0.15) is 5.75 Å². The first-order chi connectivity index (χ1) is 12.5. The third-order valence-corrected chi connectivity index (χ3v) is 5.06. The van der Waals surface area contributed by atoms with Gasteiger partial charge >= 0.3 is 0 Å². The Morgan fingerprint density at radius 2 is 1.62 bits per heavy atom. The van der Waals surface area contributed by atoms with Gasteiger partial charge in [0.2, 0.25) is 0 Å². The molecular weight excluding hydrogens is 322 g/mol. The first-order valence-electron chi connectivity index (χ1n) is 9.56. The summed E-state index contributed by atoms with van der Waals surface area (Å²) in [6.45, 7) is 10.1. The highest BCUT2D eigenvalue weighted by Gasteiger charge is 2.22. The average molecular weight is 356 g/mol. The van der Waals surface area contributed by atoms with Crippen LogP contribution in [0, 0.1) is 0 Å². The van der Waals surface area contributed by atoms with E-state index in [4.69, 9.17) is 4.74 Å². The quantitative estimate of drug-likeness (QED) is 0.699. The molecule has 1 N–H and O–H groups in total. The van der Waals surface area contributed by atoms with Gasteiger partial charge in [0, 0.05) is 23.6 Å². The van der Waals surface area contributed by atoms with Crippen molar-refractivity contribution in [2.24, 2.45) is 0 Å². The minimum absolute atomic E-state index is 0.0443. The second kappa shape index (κ2) is 9.75. The molecule has 0 aliphatic carbocycles. The second-order valence-electron chi connectivity index (χ2n) is 7.41. The van der Waals surface area contributed by atoms with Crippen molar-refractivity contribution in [3.63, 3.8) is 0 Å². The van der Waals surface area contributed by atoms with Crippen LogP contribution in [0.2, 0.25) is 0 Å². The molecule has 3 nitrogen and oxygen atoms in total. The maximum atomic E-state index is 9.59. The number of aliphatic hydroxyl groups excluding tert-OH is 1. The smallest absolute Gasteiger partial charge is 0.122 e. The highest BCUT2D eigenvalue weighted by Crippen LogP contribution is 2.35. The zero-order chi connectivity index (χ0) is 19.1. The highest BCUT2D eigenvalue weighted by atomic mass is 16.5. The third kappa shape index (κ3) is 5.09. The van der Waals surface area contributed by atoms with Crippen LogP contribution in [0.15, 0.2) is 48.5 Å². The van der Waals surface area contributed by atoms with Gasteiger partial charge in [-0.05, 0) is 63.9 Å². The van der Waals surface area contributed by atoms with Crippen LogP contribution in [-0.4, -0.2) is 35.7 Å². The van der Waals surface area contributed by atoms with Gasteiger partial charge in [-0.1, -0.05) is 36.4 Å². The molecule has 1 atom stereocenters. The lowest BCUT2D eigenvalue weighted by Gasteiger charge is -2.32. The summed E-state index contributed by atoms with van der Waals surface area (Å²) in [6, 6.07) is 17.6. The Kier molecular flexibility index (Phi) is 7.67. The fourth-order valence-electron chi connectivity index (χ4n) is 3.73. The van der Waals surface area contributed by atoms with Gasteiger partial charge in [0.05, 0.1) is 13.7 Å². The molecule has 0 aliphatic rings. The molecule has 3 heteroatoms. The Bertz CT molecular complexity index is 659. The minimum atomic E-state index is 0.0443. The molecule has 0 heterocycles. The van der Waals surface area contributed by atoms with Crippen molar-refractivity contribution in [3.05, 3.63) is 65.2 Å². The molecule has 0 fully saturated rings. The van der Waals surface area contributed by atoms with Gasteiger partial charge in [-0.15, -0.1) is 0 Å². The lowest BCUT2D eigenvalue weighted by molar-refractivity contribution is 0.170. The fraction of sp³-hybridized carbons (Fsp3) is 0.478. The Labute approximate surface area is 158 Å². The van der Waals surface area contributed by atoms with Gasteiger partial charge in [0.15, 0.2) is 0 Å². The topological polar surface area (TPSA) is 32.7 Å². The first-order valence-corrected chi connectivity index (χ1v) is 9.56. The molecule has 2 aromatic carbocycles. The summed E-state index contributed by atoms with van der Waals surface area (Å²) in [7, 11) is 1.72. The third-order valence-electron chi connectivity index (χ3n) is 5.06. The summed E-state index contributed by atoms with van der Waals surface area (Å²) in [6.07, 6.45) is 1.01. The van der Waals surface area contributed by atoms with E-state index in [0.29, 0.717) is 12.1 Å². The second-order valence-corrected chi connectivity index (χ2v) is 7.41. The minimum Gasteiger partial charge on any atom is -0.496 e. The normalized spacial score (nSPS) is 12.8. The molecule has 0 bridgehead atoms. The SMILES string of the molecule is COc1ccc(CO)cc1C(CCN(C(C)C)C(C)C)c1ccccc1. The Morgan fingerprint density at radius 1 is 0.962 bits per heavy atom. The molecule has 0 aliphatic heterocycles. The summed E-state index contributed by atoms with van der Waals surface area (Å²) >= 11 is 0. The van der Waals surface area contributed by atoms with Crippen LogP contribution >= 0.6 is 0 Å². The number of hydrogen-bond acceptors (Lipinski definition) is 3. The number of methoxy groups -OCH3 is 1. The van der Waals surface area contributed by atoms with Crippen LogP contribution in [-0.2, 0) is 6.61 Å². The Morgan fingerprint density at radius 3 is 2.15 bits per heavy atom. The van der Waals surface area contributed by atoms with Crippen LogP contribution in [0.1, 0.15) is 56.7 Å². The van der Waals surface area contributed by atoms with E-state index in [1.54, 1.807) is 7.11 Å². The number of benzene rings is 2. The largest absolute Gasteiger partial charge is 0.496 e. The maximum absolute atomic E-state index is 9.59. The van der Waals surface area contributed by atoms with Crippen molar-refractivity contribution in [2.75, 3.05) is 13.7 Å². The van der Waals surface area contributed by atoms with E-state index in [0.717, 1.165) is 29.8 Å². The van der Waals surface area contributed by atoms with Gasteiger partial charge in [-0.2, -0.15) is 0 Å². The summed E-state index contributed by atoms with van der Waals surface area (Å²) in [5, 5.41) is 9.59.